The summed E-state index contributed by atoms with van der Waals surface area (Å²) < 4.78 is 6.42. The number of hydrogen-bond acceptors (Lipinski definition) is 2. The molecule has 0 N–H and O–H groups in total. The third-order valence-corrected chi connectivity index (χ3v) is 12.5. The monoisotopic (exact) mass is 739 g/mol. The minimum absolute atomic E-state index is 0.357. The zero-order valence-corrected chi connectivity index (χ0v) is 28.9. The Kier molecular flexibility index (Phi) is 7.18. The smallest absolute Gasteiger partial charge is 0.0666 e. The highest BCUT2D eigenvalue weighted by atomic mass is 127. The van der Waals surface area contributed by atoms with Crippen molar-refractivity contribution < 1.29 is 0 Å². The van der Waals surface area contributed by atoms with Crippen LogP contribution in [0.15, 0.2) is 127 Å². The molecule has 0 saturated carbocycles. The van der Waals surface area contributed by atoms with Crippen molar-refractivity contribution in [2.24, 2.45) is 0 Å². The molecule has 0 amide bonds. The lowest BCUT2D eigenvalue weighted by Crippen LogP contribution is -2.04. The first-order valence-corrected chi connectivity index (χ1v) is 18.6. The van der Waals surface area contributed by atoms with Gasteiger partial charge in [-0.25, -0.2) is 0 Å². The Morgan fingerprint density at radius 1 is 0.674 bits per heavy atom. The summed E-state index contributed by atoms with van der Waals surface area (Å²) in [6.07, 6.45) is 12.6. The van der Waals surface area contributed by atoms with E-state index in [1.165, 1.54) is 78.0 Å². The van der Waals surface area contributed by atoms with E-state index < -0.39 is 0 Å². The predicted octanol–water partition coefficient (Wildman–Crippen LogP) is 12.8. The Labute approximate surface area is 290 Å². The maximum absolute atomic E-state index is 2.54. The molecule has 1 unspecified atom stereocenters. The van der Waals surface area contributed by atoms with E-state index in [0.29, 0.717) is 5.92 Å². The molecule has 4 heteroatoms. The normalized spacial score (nSPS) is 15.3. The van der Waals surface area contributed by atoms with E-state index in [-0.39, 0.29) is 0 Å². The van der Waals surface area contributed by atoms with Crippen LogP contribution in [0.25, 0.3) is 60.0 Å². The van der Waals surface area contributed by atoms with Crippen LogP contribution >= 0.6 is 45.3 Å². The molecule has 0 bridgehead atoms. The number of halogens is 1. The van der Waals surface area contributed by atoms with Crippen molar-refractivity contribution in [3.63, 3.8) is 0 Å². The summed E-state index contributed by atoms with van der Waals surface area (Å²) in [4.78, 5) is 1.35. The van der Waals surface area contributed by atoms with Crippen LogP contribution in [-0.4, -0.2) is 4.57 Å². The quantitative estimate of drug-likeness (QED) is 0.159. The van der Waals surface area contributed by atoms with Gasteiger partial charge < -0.3 is 4.57 Å². The second-order valence-electron chi connectivity index (χ2n) is 12.2. The summed E-state index contributed by atoms with van der Waals surface area (Å²) in [5.74, 6) is 0.357. The number of benzene rings is 4. The molecule has 0 aliphatic heterocycles. The number of aromatic nitrogens is 1. The molecule has 0 spiro atoms. The van der Waals surface area contributed by atoms with Crippen LogP contribution in [0.2, 0.25) is 0 Å². The van der Waals surface area contributed by atoms with Gasteiger partial charge in [0.2, 0.25) is 0 Å². The van der Waals surface area contributed by atoms with E-state index >= 15 is 0 Å². The second kappa shape index (κ2) is 11.7. The minimum Gasteiger partial charge on any atom is -0.310 e. The van der Waals surface area contributed by atoms with Gasteiger partial charge in [-0.1, -0.05) is 91.0 Å². The molecule has 9 rings (SSSR count). The number of allylic oxidation sites excluding steroid dienone is 2. The first kappa shape index (κ1) is 28.3. The molecular formula is C42H30INS2. The number of rotatable bonds is 3. The number of para-hydroxylation sites is 1. The highest BCUT2D eigenvalue weighted by Gasteiger charge is 2.20. The van der Waals surface area contributed by atoms with E-state index in [2.05, 4.69) is 167 Å². The Morgan fingerprint density at radius 2 is 1.48 bits per heavy atom. The molecule has 1 nitrogen and oxygen atoms in total. The summed E-state index contributed by atoms with van der Waals surface area (Å²) in [6.45, 7) is 0. The fourth-order valence-electron chi connectivity index (χ4n) is 7.20. The molecule has 1 atom stereocenters. The van der Waals surface area contributed by atoms with Gasteiger partial charge in [-0.05, 0) is 118 Å². The van der Waals surface area contributed by atoms with Gasteiger partial charge in [-0.2, -0.15) is 0 Å². The van der Waals surface area contributed by atoms with Gasteiger partial charge in [0.25, 0.3) is 0 Å². The van der Waals surface area contributed by atoms with E-state index in [1.807, 2.05) is 22.7 Å². The van der Waals surface area contributed by atoms with E-state index in [9.17, 15) is 0 Å². The van der Waals surface area contributed by atoms with Crippen molar-refractivity contribution in [3.05, 3.63) is 158 Å². The van der Waals surface area contributed by atoms with Crippen LogP contribution < -0.4 is 0 Å². The number of fused-ring (bicyclic) bond motifs is 7. The van der Waals surface area contributed by atoms with Gasteiger partial charge in [0.1, 0.15) is 0 Å². The molecule has 2 aliphatic rings. The SMILES string of the molecule is Ic1cc2c(ccc3c(s1)C=CC(c1cccc(-c4ccccc4)c1)C3)sc1ccc(-n3c4c(c5ccccc53)CCC=C4)cc12. The molecule has 0 radical (unpaired) electrons. The lowest BCUT2D eigenvalue weighted by Gasteiger charge is -2.19. The molecule has 46 heavy (non-hydrogen) atoms. The topological polar surface area (TPSA) is 4.93 Å². The maximum Gasteiger partial charge on any atom is 0.0666 e. The zero-order chi connectivity index (χ0) is 30.6. The van der Waals surface area contributed by atoms with Crippen LogP contribution in [0.1, 0.15) is 39.6 Å². The molecule has 0 fully saturated rings. The first-order valence-electron chi connectivity index (χ1n) is 15.9. The lowest BCUT2D eigenvalue weighted by atomic mass is 9.87. The molecule has 0 saturated heterocycles. The van der Waals surface area contributed by atoms with Crippen LogP contribution in [-0.2, 0) is 12.8 Å². The number of nitrogens with zero attached hydrogens (tertiary/aromatic N) is 1. The third-order valence-electron chi connectivity index (χ3n) is 9.41. The fraction of sp³-hybridized carbons (Fsp3) is 0.0952. The van der Waals surface area contributed by atoms with Crippen LogP contribution in [0.3, 0.4) is 0 Å². The highest BCUT2D eigenvalue weighted by Crippen LogP contribution is 2.40. The molecule has 3 aromatic heterocycles. The average molecular weight is 740 g/mol. The van der Waals surface area contributed by atoms with Crippen molar-refractivity contribution in [1.29, 1.82) is 0 Å². The largest absolute Gasteiger partial charge is 0.310 e. The van der Waals surface area contributed by atoms with Crippen molar-refractivity contribution in [3.8, 4) is 16.8 Å². The molecule has 4 aromatic carbocycles. The average Bonchev–Trinajstić information content (AvgIpc) is 3.64. The Balaban J connectivity index is 1.14. The van der Waals surface area contributed by atoms with Crippen molar-refractivity contribution >= 4 is 88.5 Å². The molecule has 3 heterocycles. The van der Waals surface area contributed by atoms with E-state index in [1.54, 1.807) is 0 Å². The minimum atomic E-state index is 0.357. The fourth-order valence-corrected chi connectivity index (χ4v) is 10.1. The van der Waals surface area contributed by atoms with Gasteiger partial charge in [-0.3, -0.25) is 0 Å². The van der Waals surface area contributed by atoms with E-state index in [4.69, 9.17) is 0 Å². The first-order chi connectivity index (χ1) is 22.7. The van der Waals surface area contributed by atoms with Gasteiger partial charge in [-0.15, -0.1) is 22.7 Å². The Bertz CT molecular complexity index is 2420. The van der Waals surface area contributed by atoms with Gasteiger partial charge in [0.15, 0.2) is 0 Å². The van der Waals surface area contributed by atoms with Gasteiger partial charge >= 0.3 is 0 Å². The highest BCUT2D eigenvalue weighted by molar-refractivity contribution is 14.1. The van der Waals surface area contributed by atoms with Crippen LogP contribution in [0, 0.1) is 2.88 Å². The van der Waals surface area contributed by atoms with Gasteiger partial charge in [0.05, 0.1) is 8.40 Å². The standard InChI is InChI=1S/C42H30INS2/c43-42-26-36-35-25-32(44-37-15-6-4-13-33(37)34-14-5-7-16-38(34)44)19-22-41(35)45-40(36)21-18-31-24-30(17-20-39(31)46-42)29-12-8-11-28(23-29)27-9-2-1-3-10-27/h1-4,6-13,15-23,25-26,30H,5,14,24H2. The van der Waals surface area contributed by atoms with Crippen molar-refractivity contribution in [2.75, 3.05) is 0 Å². The number of hydrogen-bond donors (Lipinski definition) is 0. The summed E-state index contributed by atoms with van der Waals surface area (Å²) in [6, 6.07) is 42.9. The van der Waals surface area contributed by atoms with E-state index in [0.717, 1.165) is 19.3 Å². The Hall–Kier alpha value is -3.97. The summed E-state index contributed by atoms with van der Waals surface area (Å²) in [5.41, 5.74) is 10.7. The number of thiophene rings is 1. The predicted molar refractivity (Wildman–Crippen MR) is 209 cm³/mol. The number of aryl methyl sites for hydroxylation is 1. The molecular weight excluding hydrogens is 710 g/mol. The Morgan fingerprint density at radius 3 is 2.39 bits per heavy atom. The molecule has 222 valence electrons. The summed E-state index contributed by atoms with van der Waals surface area (Å²) >= 11 is 6.33. The third kappa shape index (κ3) is 4.95. The van der Waals surface area contributed by atoms with Crippen molar-refractivity contribution in [1.82, 2.24) is 4.57 Å². The second-order valence-corrected chi connectivity index (χ2v) is 16.2. The molecule has 2 aliphatic carbocycles. The summed E-state index contributed by atoms with van der Waals surface area (Å²) in [7, 11) is 0. The van der Waals surface area contributed by atoms with Gasteiger partial charge in [0, 0.05) is 47.7 Å². The summed E-state index contributed by atoms with van der Waals surface area (Å²) in [5, 5.41) is 4.03. The van der Waals surface area contributed by atoms with Crippen LogP contribution in [0.4, 0.5) is 0 Å². The van der Waals surface area contributed by atoms with Crippen LogP contribution in [0.5, 0.6) is 0 Å². The molecule has 7 aromatic rings. The lowest BCUT2D eigenvalue weighted by molar-refractivity contribution is 0.831. The zero-order valence-electron chi connectivity index (χ0n) is 25.1. The van der Waals surface area contributed by atoms with Crippen molar-refractivity contribution in [2.45, 2.75) is 25.2 Å². The maximum atomic E-state index is 2.54.